The topological polar surface area (TPSA) is 114 Å². The highest BCUT2D eigenvalue weighted by atomic mass is 16.5. The quantitative estimate of drug-likeness (QED) is 0.413. The van der Waals surface area contributed by atoms with Crippen LogP contribution in [-0.4, -0.2) is 48.4 Å². The molecule has 2 rings (SSSR count). The molecule has 0 spiro atoms. The Morgan fingerprint density at radius 1 is 1.03 bits per heavy atom. The number of carbonyl (C=O) groups excluding carboxylic acids is 2. The monoisotopic (exact) mass is 412 g/mol. The lowest BCUT2D eigenvalue weighted by Gasteiger charge is -2.30. The normalized spacial score (nSPS) is 18.5. The average molecular weight is 413 g/mol. The van der Waals surface area contributed by atoms with E-state index in [1.165, 1.54) is 71.3 Å². The van der Waals surface area contributed by atoms with Crippen LogP contribution in [0.5, 0.6) is 0 Å². The maximum Gasteiger partial charge on any atom is 0.412 e. The van der Waals surface area contributed by atoms with Crippen LogP contribution < -0.4 is 10.6 Å². The van der Waals surface area contributed by atoms with Crippen LogP contribution in [0.15, 0.2) is 12.8 Å². The van der Waals surface area contributed by atoms with Gasteiger partial charge in [0.1, 0.15) is 6.04 Å². The predicted octanol–water partition coefficient (Wildman–Crippen LogP) is 3.50. The van der Waals surface area contributed by atoms with Crippen molar-refractivity contribution in [1.29, 1.82) is 0 Å². The molecule has 2 saturated carbocycles. The first kappa shape index (κ1) is 24.9. The SMILES string of the molecule is C1CCC(NC2CCCCC2)CC1.C=COC(=O)NC(CCC(=O)OC)C(=O)O. The molecule has 1 atom stereocenters. The molecule has 2 fully saturated rings. The van der Waals surface area contributed by atoms with Crippen molar-refractivity contribution in [2.45, 2.75) is 95.2 Å². The van der Waals surface area contributed by atoms with Crippen LogP contribution in [0.4, 0.5) is 4.79 Å². The predicted molar refractivity (Wildman–Crippen MR) is 109 cm³/mol. The van der Waals surface area contributed by atoms with Crippen molar-refractivity contribution >= 4 is 18.0 Å². The third kappa shape index (κ3) is 11.5. The smallest absolute Gasteiger partial charge is 0.412 e. The molecule has 0 heterocycles. The number of carboxylic acid groups (broad SMARTS) is 1. The Kier molecular flexibility index (Phi) is 12.8. The Morgan fingerprint density at radius 2 is 1.55 bits per heavy atom. The summed E-state index contributed by atoms with van der Waals surface area (Å²) in [5.74, 6) is -1.81. The van der Waals surface area contributed by atoms with E-state index in [9.17, 15) is 14.4 Å². The Morgan fingerprint density at radius 3 is 1.97 bits per heavy atom. The zero-order chi connectivity index (χ0) is 21.5. The zero-order valence-electron chi connectivity index (χ0n) is 17.5. The van der Waals surface area contributed by atoms with Gasteiger partial charge in [-0.1, -0.05) is 45.1 Å². The van der Waals surface area contributed by atoms with Gasteiger partial charge in [-0.15, -0.1) is 0 Å². The number of methoxy groups -OCH3 is 1. The highest BCUT2D eigenvalue weighted by molar-refractivity contribution is 5.80. The summed E-state index contributed by atoms with van der Waals surface area (Å²) in [6, 6.07) is 0.542. The van der Waals surface area contributed by atoms with Crippen LogP contribution in [0.25, 0.3) is 0 Å². The average Bonchev–Trinajstić information content (AvgIpc) is 2.73. The van der Waals surface area contributed by atoms with Gasteiger partial charge in [0.05, 0.1) is 13.4 Å². The second kappa shape index (κ2) is 14.8. The number of carbonyl (C=O) groups is 3. The number of aliphatic carboxylic acids is 1. The van der Waals surface area contributed by atoms with E-state index in [0.717, 1.165) is 18.3 Å². The van der Waals surface area contributed by atoms with E-state index in [1.807, 2.05) is 0 Å². The van der Waals surface area contributed by atoms with E-state index in [-0.39, 0.29) is 12.8 Å². The first-order valence-corrected chi connectivity index (χ1v) is 10.6. The lowest BCUT2D eigenvalue weighted by Crippen LogP contribution is -2.40. The zero-order valence-corrected chi connectivity index (χ0v) is 17.5. The summed E-state index contributed by atoms with van der Waals surface area (Å²) >= 11 is 0. The third-order valence-corrected chi connectivity index (χ3v) is 5.33. The number of nitrogens with one attached hydrogen (secondary N) is 2. The van der Waals surface area contributed by atoms with Gasteiger partial charge in [0.25, 0.3) is 0 Å². The molecule has 1 unspecified atom stereocenters. The van der Waals surface area contributed by atoms with Gasteiger partial charge in [0.2, 0.25) is 0 Å². The second-order valence-corrected chi connectivity index (χ2v) is 7.56. The van der Waals surface area contributed by atoms with Crippen molar-refractivity contribution in [3.05, 3.63) is 12.8 Å². The number of hydrogen-bond donors (Lipinski definition) is 3. The van der Waals surface area contributed by atoms with Crippen LogP contribution in [0.1, 0.15) is 77.0 Å². The van der Waals surface area contributed by atoms with Crippen molar-refractivity contribution in [3.63, 3.8) is 0 Å². The minimum absolute atomic E-state index is 0.0751. The van der Waals surface area contributed by atoms with E-state index in [4.69, 9.17) is 5.11 Å². The van der Waals surface area contributed by atoms with Crippen molar-refractivity contribution in [2.75, 3.05) is 7.11 Å². The highest BCUT2D eigenvalue weighted by Gasteiger charge is 2.21. The van der Waals surface area contributed by atoms with E-state index < -0.39 is 24.1 Å². The summed E-state index contributed by atoms with van der Waals surface area (Å²) in [5, 5.41) is 14.6. The summed E-state index contributed by atoms with van der Waals surface area (Å²) in [6.45, 7) is 3.14. The summed E-state index contributed by atoms with van der Waals surface area (Å²) < 4.78 is 8.63. The molecule has 0 aromatic heterocycles. The summed E-state index contributed by atoms with van der Waals surface area (Å²) in [4.78, 5) is 32.4. The van der Waals surface area contributed by atoms with Gasteiger partial charge in [-0.05, 0) is 32.1 Å². The molecule has 0 aliphatic heterocycles. The van der Waals surface area contributed by atoms with Crippen LogP contribution in [-0.2, 0) is 19.1 Å². The lowest BCUT2D eigenvalue weighted by molar-refractivity contribution is -0.142. The number of ether oxygens (including phenoxy) is 2. The lowest BCUT2D eigenvalue weighted by atomic mass is 9.91. The molecule has 1 amide bonds. The van der Waals surface area contributed by atoms with Gasteiger partial charge in [-0.25, -0.2) is 9.59 Å². The van der Waals surface area contributed by atoms with Crippen LogP contribution in [0.3, 0.4) is 0 Å². The highest BCUT2D eigenvalue weighted by Crippen LogP contribution is 2.22. The maximum atomic E-state index is 10.9. The van der Waals surface area contributed by atoms with E-state index >= 15 is 0 Å². The largest absolute Gasteiger partial charge is 0.480 e. The van der Waals surface area contributed by atoms with E-state index in [1.54, 1.807) is 0 Å². The fourth-order valence-corrected chi connectivity index (χ4v) is 3.75. The fourth-order valence-electron chi connectivity index (χ4n) is 3.75. The maximum absolute atomic E-state index is 10.9. The van der Waals surface area contributed by atoms with Crippen LogP contribution >= 0.6 is 0 Å². The number of carboxylic acids is 1. The van der Waals surface area contributed by atoms with Gasteiger partial charge >= 0.3 is 18.0 Å². The molecule has 3 N–H and O–H groups in total. The summed E-state index contributed by atoms with van der Waals surface area (Å²) in [6.07, 6.45) is 14.3. The second-order valence-electron chi connectivity index (χ2n) is 7.56. The molecule has 2 aliphatic rings. The standard InChI is InChI=1S/C12H23N.C9H13NO6/c1-3-7-11(8-4-1)13-12-9-5-2-6-10-12;1-3-16-9(14)10-6(8(12)13)4-5-7(11)15-2/h11-13H,1-10H2;3,6H,1,4-5H2,2H3,(H,10,14)(H,12,13). The molecule has 166 valence electrons. The summed E-state index contributed by atoms with van der Waals surface area (Å²) in [5.41, 5.74) is 0. The number of hydrogen-bond acceptors (Lipinski definition) is 6. The third-order valence-electron chi connectivity index (χ3n) is 5.33. The number of esters is 1. The minimum atomic E-state index is -1.26. The van der Waals surface area contributed by atoms with Gasteiger partial charge in [-0.3, -0.25) is 4.79 Å². The molecule has 8 heteroatoms. The molecule has 0 aromatic rings. The Labute approximate surface area is 173 Å². The van der Waals surface area contributed by atoms with Crippen molar-refractivity contribution < 1.29 is 29.0 Å². The van der Waals surface area contributed by atoms with Gasteiger partial charge in [0.15, 0.2) is 0 Å². The Balaban J connectivity index is 0.000000294. The number of amides is 1. The molecule has 2 aliphatic carbocycles. The molecule has 0 saturated heterocycles. The number of rotatable bonds is 8. The first-order valence-electron chi connectivity index (χ1n) is 10.6. The Hall–Kier alpha value is -2.09. The molecular weight excluding hydrogens is 376 g/mol. The molecule has 0 bridgehead atoms. The van der Waals surface area contributed by atoms with Crippen LogP contribution in [0.2, 0.25) is 0 Å². The number of alkyl carbamates (subject to hydrolysis) is 1. The van der Waals surface area contributed by atoms with Gasteiger partial charge < -0.3 is 25.2 Å². The summed E-state index contributed by atoms with van der Waals surface area (Å²) in [7, 11) is 1.19. The Bertz CT molecular complexity index is 497. The fraction of sp³-hybridized carbons (Fsp3) is 0.762. The molecular formula is C21H36N2O6. The van der Waals surface area contributed by atoms with Crippen molar-refractivity contribution in [1.82, 2.24) is 10.6 Å². The molecule has 29 heavy (non-hydrogen) atoms. The minimum Gasteiger partial charge on any atom is -0.480 e. The first-order chi connectivity index (χ1) is 14.0. The molecule has 8 nitrogen and oxygen atoms in total. The van der Waals surface area contributed by atoms with Crippen LogP contribution in [0, 0.1) is 0 Å². The van der Waals surface area contributed by atoms with E-state index in [2.05, 4.69) is 26.7 Å². The molecule has 0 aromatic carbocycles. The van der Waals surface area contributed by atoms with E-state index in [0.29, 0.717) is 0 Å². The van der Waals surface area contributed by atoms with Crippen molar-refractivity contribution in [2.24, 2.45) is 0 Å². The van der Waals surface area contributed by atoms with Crippen molar-refractivity contribution in [3.8, 4) is 0 Å². The van der Waals surface area contributed by atoms with Gasteiger partial charge in [0, 0.05) is 18.5 Å². The molecule has 0 radical (unpaired) electrons. The van der Waals surface area contributed by atoms with Gasteiger partial charge in [-0.2, -0.15) is 0 Å².